The highest BCUT2D eigenvalue weighted by Crippen LogP contribution is 2.59. The maximum absolute atomic E-state index is 12.6. The van der Waals surface area contributed by atoms with Crippen molar-refractivity contribution in [2.24, 2.45) is 5.41 Å². The Morgan fingerprint density at radius 2 is 1.83 bits per heavy atom. The number of rotatable bonds is 3. The van der Waals surface area contributed by atoms with Crippen molar-refractivity contribution < 1.29 is 19.1 Å². The minimum absolute atomic E-state index is 0.0567. The van der Waals surface area contributed by atoms with Gasteiger partial charge < -0.3 is 9.47 Å². The monoisotopic (exact) mass is 395 g/mol. The van der Waals surface area contributed by atoms with Crippen LogP contribution in [0.3, 0.4) is 0 Å². The molecule has 4 rings (SSSR count). The molecule has 1 aromatic heterocycles. The van der Waals surface area contributed by atoms with Crippen LogP contribution in [-0.2, 0) is 15.0 Å². The first-order chi connectivity index (χ1) is 13.6. The molecule has 0 radical (unpaired) electrons. The van der Waals surface area contributed by atoms with Crippen molar-refractivity contribution in [3.63, 3.8) is 0 Å². The molecule has 7 heteroatoms. The fourth-order valence-corrected chi connectivity index (χ4v) is 3.62. The summed E-state index contributed by atoms with van der Waals surface area (Å²) < 4.78 is 11.9. The molecule has 0 atom stereocenters. The van der Waals surface area contributed by atoms with Crippen LogP contribution in [0, 0.1) is 12.3 Å². The number of hydrogen-bond donors (Lipinski definition) is 0. The fourth-order valence-electron chi connectivity index (χ4n) is 3.62. The molecule has 1 fully saturated rings. The summed E-state index contributed by atoms with van der Waals surface area (Å²) in [4.78, 5) is 34.2. The summed E-state index contributed by atoms with van der Waals surface area (Å²) in [6, 6.07) is 4.04. The molecular formula is C22H25N3O4. The Morgan fingerprint density at radius 1 is 1.17 bits per heavy atom. The third-order valence-electron chi connectivity index (χ3n) is 5.43. The molecule has 1 saturated carbocycles. The Balaban J connectivity index is 1.61. The molecule has 2 heterocycles. The van der Waals surface area contributed by atoms with Gasteiger partial charge in [0.2, 0.25) is 11.8 Å². The van der Waals surface area contributed by atoms with Gasteiger partial charge in [-0.3, -0.25) is 9.59 Å². The summed E-state index contributed by atoms with van der Waals surface area (Å²) in [6.07, 6.45) is 5.04. The van der Waals surface area contributed by atoms with Crippen molar-refractivity contribution in [2.45, 2.75) is 52.9 Å². The molecule has 0 bridgehead atoms. The Labute approximate surface area is 170 Å². The molecule has 1 aliphatic heterocycles. The van der Waals surface area contributed by atoms with Crippen molar-refractivity contribution in [1.82, 2.24) is 9.97 Å². The van der Waals surface area contributed by atoms with E-state index in [2.05, 4.69) is 9.97 Å². The van der Waals surface area contributed by atoms with Crippen molar-refractivity contribution in [3.05, 3.63) is 35.7 Å². The lowest BCUT2D eigenvalue weighted by atomic mass is 9.94. The lowest BCUT2D eigenvalue weighted by molar-refractivity contribution is -0.130. The van der Waals surface area contributed by atoms with Crippen LogP contribution in [0.4, 0.5) is 5.69 Å². The first-order valence-electron chi connectivity index (χ1n) is 9.74. The summed E-state index contributed by atoms with van der Waals surface area (Å²) in [5.74, 6) is 0.899. The van der Waals surface area contributed by atoms with Crippen LogP contribution in [-0.4, -0.2) is 28.4 Å². The summed E-state index contributed by atoms with van der Waals surface area (Å²) in [5, 5.41) is 0. The van der Waals surface area contributed by atoms with E-state index in [1.165, 1.54) is 19.3 Å². The molecule has 2 aliphatic rings. The maximum Gasteiger partial charge on any atom is 0.322 e. The van der Waals surface area contributed by atoms with E-state index in [-0.39, 0.29) is 23.2 Å². The largest absolute Gasteiger partial charge is 0.492 e. The number of ether oxygens (including phenoxy) is 2. The van der Waals surface area contributed by atoms with Crippen LogP contribution >= 0.6 is 0 Å². The van der Waals surface area contributed by atoms with Gasteiger partial charge in [-0.15, -0.1) is 0 Å². The molecule has 0 saturated heterocycles. The van der Waals surface area contributed by atoms with Gasteiger partial charge in [-0.1, -0.05) is 26.8 Å². The van der Waals surface area contributed by atoms with Gasteiger partial charge in [0.1, 0.15) is 11.5 Å². The zero-order valence-corrected chi connectivity index (χ0v) is 17.4. The lowest BCUT2D eigenvalue weighted by Gasteiger charge is -2.26. The topological polar surface area (TPSA) is 81.6 Å². The summed E-state index contributed by atoms with van der Waals surface area (Å²) in [5.41, 5.74) is 1.85. The Bertz CT molecular complexity index is 988. The van der Waals surface area contributed by atoms with E-state index in [9.17, 15) is 9.59 Å². The first-order valence-corrected chi connectivity index (χ1v) is 9.74. The summed E-state index contributed by atoms with van der Waals surface area (Å²) >= 11 is 0. The third-order valence-corrected chi connectivity index (χ3v) is 5.43. The number of nitrogens with zero attached hydrogens (tertiary/aromatic N) is 3. The van der Waals surface area contributed by atoms with E-state index < -0.39 is 5.41 Å². The highest BCUT2D eigenvalue weighted by molar-refractivity contribution is 6.15. The molecule has 1 spiro atoms. The molecule has 2 amide bonds. The number of aryl methyl sites for hydroxylation is 1. The average molecular weight is 395 g/mol. The predicted octanol–water partition coefficient (Wildman–Crippen LogP) is 3.93. The van der Waals surface area contributed by atoms with Gasteiger partial charge in [-0.25, -0.2) is 14.9 Å². The van der Waals surface area contributed by atoms with E-state index in [1.54, 1.807) is 20.8 Å². The number of carbonyl (C=O) groups is 2. The standard InChI is InChI=1S/C22H25N3O4/c1-13-6-7-16(17-18(13)28-12-22(17)8-9-22)29-20-23-10-15(11-24-20)25(14(2)26)19(27)21(3,4)5/h6-7,10-11H,8-9,12H2,1-5H3. The second-order valence-corrected chi connectivity index (χ2v) is 8.89. The first kappa shape index (κ1) is 19.4. The van der Waals surface area contributed by atoms with Crippen LogP contribution in [0.25, 0.3) is 0 Å². The van der Waals surface area contributed by atoms with Crippen molar-refractivity contribution in [3.8, 4) is 17.5 Å². The molecule has 0 unspecified atom stereocenters. The van der Waals surface area contributed by atoms with Gasteiger partial charge in [0, 0.05) is 23.3 Å². The number of benzene rings is 1. The fraction of sp³-hybridized carbons (Fsp3) is 0.455. The van der Waals surface area contributed by atoms with Gasteiger partial charge >= 0.3 is 6.01 Å². The number of anilines is 1. The maximum atomic E-state index is 12.6. The van der Waals surface area contributed by atoms with E-state index in [0.29, 0.717) is 18.0 Å². The molecule has 0 N–H and O–H groups in total. The second kappa shape index (κ2) is 6.54. The molecule has 29 heavy (non-hydrogen) atoms. The number of aromatic nitrogens is 2. The van der Waals surface area contributed by atoms with Crippen LogP contribution in [0.2, 0.25) is 0 Å². The lowest BCUT2D eigenvalue weighted by Crippen LogP contribution is -2.42. The predicted molar refractivity (Wildman–Crippen MR) is 107 cm³/mol. The molecule has 152 valence electrons. The number of imide groups is 1. The van der Waals surface area contributed by atoms with Crippen molar-refractivity contribution >= 4 is 17.5 Å². The van der Waals surface area contributed by atoms with Gasteiger partial charge in [0.05, 0.1) is 24.7 Å². The third kappa shape index (κ3) is 3.34. The molecule has 7 nitrogen and oxygen atoms in total. The molecule has 1 aromatic carbocycles. The van der Waals surface area contributed by atoms with E-state index in [0.717, 1.165) is 34.6 Å². The summed E-state index contributed by atoms with van der Waals surface area (Å²) in [6.45, 7) is 9.34. The highest BCUT2D eigenvalue weighted by atomic mass is 16.5. The number of amides is 2. The highest BCUT2D eigenvalue weighted by Gasteiger charge is 2.53. The van der Waals surface area contributed by atoms with Gasteiger partial charge in [0.25, 0.3) is 0 Å². The van der Waals surface area contributed by atoms with Crippen molar-refractivity contribution in [1.29, 1.82) is 0 Å². The Morgan fingerprint density at radius 3 is 2.38 bits per heavy atom. The second-order valence-electron chi connectivity index (χ2n) is 8.89. The van der Waals surface area contributed by atoms with E-state index >= 15 is 0 Å². The zero-order valence-electron chi connectivity index (χ0n) is 17.4. The van der Waals surface area contributed by atoms with Crippen LogP contribution in [0.15, 0.2) is 24.5 Å². The van der Waals surface area contributed by atoms with E-state index in [4.69, 9.17) is 9.47 Å². The number of carbonyl (C=O) groups excluding carboxylic acids is 2. The van der Waals surface area contributed by atoms with Gasteiger partial charge in [0.15, 0.2) is 0 Å². The van der Waals surface area contributed by atoms with E-state index in [1.807, 2.05) is 19.1 Å². The minimum Gasteiger partial charge on any atom is -0.492 e. The average Bonchev–Trinajstić information content (AvgIpc) is 3.32. The normalized spacial score (nSPS) is 16.2. The number of fused-ring (bicyclic) bond motifs is 2. The smallest absolute Gasteiger partial charge is 0.322 e. The molecular weight excluding hydrogens is 370 g/mol. The Kier molecular flexibility index (Phi) is 4.37. The summed E-state index contributed by atoms with van der Waals surface area (Å²) in [7, 11) is 0. The van der Waals surface area contributed by atoms with Gasteiger partial charge in [-0.2, -0.15) is 0 Å². The quantitative estimate of drug-likeness (QED) is 0.783. The number of hydrogen-bond acceptors (Lipinski definition) is 6. The van der Waals surface area contributed by atoms with Crippen LogP contribution in [0.5, 0.6) is 17.5 Å². The Hall–Kier alpha value is -2.96. The van der Waals surface area contributed by atoms with Crippen molar-refractivity contribution in [2.75, 3.05) is 11.5 Å². The minimum atomic E-state index is -0.706. The molecule has 2 aromatic rings. The molecule has 1 aliphatic carbocycles. The zero-order chi connectivity index (χ0) is 21.0. The van der Waals surface area contributed by atoms with Gasteiger partial charge in [-0.05, 0) is 31.4 Å². The van der Waals surface area contributed by atoms with Crippen LogP contribution in [0.1, 0.15) is 51.7 Å². The van der Waals surface area contributed by atoms with Crippen LogP contribution < -0.4 is 14.4 Å². The SMILES string of the molecule is CC(=O)N(C(=O)C(C)(C)C)c1cnc(Oc2ccc(C)c3c2C2(CC2)CO3)nc1.